The molecule has 3 rings (SSSR count). The van der Waals surface area contributed by atoms with Crippen LogP contribution in [0.4, 0.5) is 0 Å². The normalized spacial score (nSPS) is 10.8. The van der Waals surface area contributed by atoms with Crippen LogP contribution in [-0.4, -0.2) is 27.0 Å². The topological polar surface area (TPSA) is 63.7 Å². The van der Waals surface area contributed by atoms with Gasteiger partial charge in [-0.25, -0.2) is 15.0 Å². The van der Waals surface area contributed by atoms with Crippen molar-refractivity contribution in [2.24, 2.45) is 0 Å². The van der Waals surface area contributed by atoms with Crippen LogP contribution in [0.1, 0.15) is 0 Å². The van der Waals surface area contributed by atoms with Crippen molar-refractivity contribution in [3.63, 3.8) is 0 Å². The lowest BCUT2D eigenvalue weighted by Gasteiger charge is -2.05. The molecule has 0 unspecified atom stereocenters. The van der Waals surface area contributed by atoms with E-state index in [0.717, 1.165) is 16.2 Å². The van der Waals surface area contributed by atoms with Crippen molar-refractivity contribution in [2.45, 2.75) is 10.2 Å². The van der Waals surface area contributed by atoms with Gasteiger partial charge in [0.25, 0.3) is 0 Å². The molecule has 1 aromatic carbocycles. The Balaban J connectivity index is 1.99. The first-order valence-corrected chi connectivity index (χ1v) is 6.64. The molecule has 0 atom stereocenters. The van der Waals surface area contributed by atoms with Crippen LogP contribution in [0.25, 0.3) is 11.0 Å². The number of hydrogen-bond acceptors (Lipinski definition) is 5. The Hall–Kier alpha value is -1.79. The SMILES string of the molecule is COc1c(Cl)ncnc1Sc1nc2ccccc2[nH]1. The van der Waals surface area contributed by atoms with E-state index in [9.17, 15) is 0 Å². The monoisotopic (exact) mass is 292 g/mol. The molecule has 96 valence electrons. The Morgan fingerprint density at radius 2 is 2.11 bits per heavy atom. The van der Waals surface area contributed by atoms with Crippen LogP contribution >= 0.6 is 23.4 Å². The van der Waals surface area contributed by atoms with Gasteiger partial charge in [-0.3, -0.25) is 0 Å². The van der Waals surface area contributed by atoms with Gasteiger partial charge in [0.1, 0.15) is 6.33 Å². The molecule has 1 N–H and O–H groups in total. The van der Waals surface area contributed by atoms with E-state index < -0.39 is 0 Å². The van der Waals surface area contributed by atoms with Crippen molar-refractivity contribution in [1.29, 1.82) is 0 Å². The summed E-state index contributed by atoms with van der Waals surface area (Å²) in [6, 6.07) is 7.81. The Bertz CT molecular complexity index is 698. The highest BCUT2D eigenvalue weighted by Crippen LogP contribution is 2.35. The van der Waals surface area contributed by atoms with Gasteiger partial charge in [-0.2, -0.15) is 0 Å². The van der Waals surface area contributed by atoms with Crippen LogP contribution in [0.15, 0.2) is 40.8 Å². The first-order chi connectivity index (χ1) is 9.28. The highest BCUT2D eigenvalue weighted by molar-refractivity contribution is 7.99. The molecule has 0 aliphatic rings. The number of halogens is 1. The average molecular weight is 293 g/mol. The predicted molar refractivity (Wildman–Crippen MR) is 73.8 cm³/mol. The van der Waals surface area contributed by atoms with Gasteiger partial charge in [-0.15, -0.1) is 0 Å². The highest BCUT2D eigenvalue weighted by atomic mass is 35.5. The predicted octanol–water partition coefficient (Wildman–Crippen LogP) is 3.17. The molecule has 0 radical (unpaired) electrons. The van der Waals surface area contributed by atoms with Gasteiger partial charge in [0, 0.05) is 0 Å². The van der Waals surface area contributed by atoms with E-state index >= 15 is 0 Å². The average Bonchev–Trinajstić information content (AvgIpc) is 2.81. The summed E-state index contributed by atoms with van der Waals surface area (Å²) in [7, 11) is 1.53. The van der Waals surface area contributed by atoms with E-state index in [4.69, 9.17) is 16.3 Å². The van der Waals surface area contributed by atoms with Crippen LogP contribution in [0, 0.1) is 0 Å². The number of benzene rings is 1. The molecule has 0 aliphatic carbocycles. The molecule has 5 nitrogen and oxygen atoms in total. The van der Waals surface area contributed by atoms with Crippen LogP contribution in [0.2, 0.25) is 5.15 Å². The molecule has 0 spiro atoms. The van der Waals surface area contributed by atoms with Gasteiger partial charge >= 0.3 is 0 Å². The summed E-state index contributed by atoms with van der Waals surface area (Å²) < 4.78 is 5.20. The Labute approximate surface area is 118 Å². The first-order valence-electron chi connectivity index (χ1n) is 5.45. The van der Waals surface area contributed by atoms with Gasteiger partial charge in [0.15, 0.2) is 21.1 Å². The summed E-state index contributed by atoms with van der Waals surface area (Å²) in [6.07, 6.45) is 1.40. The minimum Gasteiger partial charge on any atom is -0.491 e. The molecule has 0 amide bonds. The van der Waals surface area contributed by atoms with Crippen molar-refractivity contribution in [3.05, 3.63) is 35.7 Å². The third-order valence-corrected chi connectivity index (χ3v) is 3.63. The quantitative estimate of drug-likeness (QED) is 0.751. The highest BCUT2D eigenvalue weighted by Gasteiger charge is 2.13. The molecule has 0 aliphatic heterocycles. The number of hydrogen-bond donors (Lipinski definition) is 1. The van der Waals surface area contributed by atoms with Crippen LogP contribution in [0.3, 0.4) is 0 Å². The van der Waals surface area contributed by atoms with E-state index in [1.54, 1.807) is 0 Å². The summed E-state index contributed by atoms with van der Waals surface area (Å²) in [5.41, 5.74) is 1.88. The van der Waals surface area contributed by atoms with Crippen molar-refractivity contribution < 1.29 is 4.74 Å². The van der Waals surface area contributed by atoms with Crippen LogP contribution < -0.4 is 4.74 Å². The number of rotatable bonds is 3. The number of methoxy groups -OCH3 is 1. The van der Waals surface area contributed by atoms with Gasteiger partial charge in [0.05, 0.1) is 18.1 Å². The number of fused-ring (bicyclic) bond motifs is 1. The third kappa shape index (κ3) is 2.36. The number of para-hydroxylation sites is 2. The van der Waals surface area contributed by atoms with Gasteiger partial charge in [0.2, 0.25) is 0 Å². The second kappa shape index (κ2) is 5.07. The number of nitrogens with one attached hydrogen (secondary N) is 1. The fraction of sp³-hybridized carbons (Fsp3) is 0.0833. The second-order valence-corrected chi connectivity index (χ2v) is 5.00. The summed E-state index contributed by atoms with van der Waals surface area (Å²) in [4.78, 5) is 15.7. The zero-order valence-electron chi connectivity index (χ0n) is 9.92. The molecule has 19 heavy (non-hydrogen) atoms. The van der Waals surface area contributed by atoms with Gasteiger partial charge < -0.3 is 9.72 Å². The van der Waals surface area contributed by atoms with Gasteiger partial charge in [-0.05, 0) is 23.9 Å². The number of ether oxygens (including phenoxy) is 1. The maximum Gasteiger partial charge on any atom is 0.189 e. The molecule has 2 heterocycles. The minimum atomic E-state index is 0.288. The second-order valence-electron chi connectivity index (χ2n) is 3.66. The molecule has 7 heteroatoms. The van der Waals surface area contributed by atoms with E-state index in [2.05, 4.69) is 19.9 Å². The lowest BCUT2D eigenvalue weighted by atomic mass is 10.3. The van der Waals surface area contributed by atoms with Gasteiger partial charge in [-0.1, -0.05) is 23.7 Å². The number of H-pyrrole nitrogens is 1. The van der Waals surface area contributed by atoms with Crippen molar-refractivity contribution in [2.75, 3.05) is 7.11 Å². The number of nitrogens with zero attached hydrogens (tertiary/aromatic N) is 3. The molecular weight excluding hydrogens is 284 g/mol. The van der Waals surface area contributed by atoms with E-state index in [0.29, 0.717) is 10.8 Å². The summed E-state index contributed by atoms with van der Waals surface area (Å²) in [6.45, 7) is 0. The zero-order chi connectivity index (χ0) is 13.2. The summed E-state index contributed by atoms with van der Waals surface area (Å²) >= 11 is 7.31. The number of aromatic amines is 1. The Morgan fingerprint density at radius 3 is 2.89 bits per heavy atom. The maximum absolute atomic E-state index is 5.95. The fourth-order valence-corrected chi connectivity index (χ4v) is 2.78. The van der Waals surface area contributed by atoms with Crippen molar-refractivity contribution in [3.8, 4) is 5.75 Å². The molecule has 2 aromatic heterocycles. The number of imidazole rings is 1. The lowest BCUT2D eigenvalue weighted by Crippen LogP contribution is -1.93. The lowest BCUT2D eigenvalue weighted by molar-refractivity contribution is 0.398. The first kappa shape index (κ1) is 12.3. The van der Waals surface area contributed by atoms with Crippen LogP contribution in [0.5, 0.6) is 5.75 Å². The van der Waals surface area contributed by atoms with E-state index in [1.807, 2.05) is 24.3 Å². The fourth-order valence-electron chi connectivity index (χ4n) is 1.65. The Kier molecular flexibility index (Phi) is 3.27. The molecule has 0 saturated heterocycles. The summed E-state index contributed by atoms with van der Waals surface area (Å²) in [5, 5.41) is 1.65. The summed E-state index contributed by atoms with van der Waals surface area (Å²) in [5.74, 6) is 0.453. The number of aromatic nitrogens is 4. The van der Waals surface area contributed by atoms with Crippen molar-refractivity contribution >= 4 is 34.4 Å². The Morgan fingerprint density at radius 1 is 1.26 bits per heavy atom. The molecule has 0 saturated carbocycles. The third-order valence-electron chi connectivity index (χ3n) is 2.49. The molecule has 0 fully saturated rings. The van der Waals surface area contributed by atoms with Crippen LogP contribution in [-0.2, 0) is 0 Å². The smallest absolute Gasteiger partial charge is 0.189 e. The maximum atomic E-state index is 5.95. The molecular formula is C12H9ClN4OS. The largest absolute Gasteiger partial charge is 0.491 e. The molecule has 0 bridgehead atoms. The van der Waals surface area contributed by atoms with E-state index in [1.165, 1.54) is 25.2 Å². The minimum absolute atomic E-state index is 0.288. The van der Waals surface area contributed by atoms with E-state index in [-0.39, 0.29) is 5.15 Å². The zero-order valence-corrected chi connectivity index (χ0v) is 11.5. The molecule has 3 aromatic rings. The van der Waals surface area contributed by atoms with Crippen molar-refractivity contribution in [1.82, 2.24) is 19.9 Å². The standard InChI is InChI=1S/C12H9ClN4OS/c1-18-9-10(13)14-6-15-11(9)19-12-16-7-4-2-3-5-8(7)17-12/h2-6H,1H3,(H,16,17).